The number of esters is 1. The van der Waals surface area contributed by atoms with Crippen LogP contribution in [0.25, 0.3) is 6.08 Å². The Bertz CT molecular complexity index is 974. The van der Waals surface area contributed by atoms with Gasteiger partial charge in [-0.3, -0.25) is 9.79 Å². The number of carbonyl (C=O) groups is 2. The predicted octanol–water partition coefficient (Wildman–Crippen LogP) is 4.48. The molecule has 148 valence electrons. The van der Waals surface area contributed by atoms with Crippen molar-refractivity contribution >= 4 is 23.7 Å². The standard InChI is InChI=1S/C24H23NO4/c1-16-20(23(26)27)22(19-13-7-4-8-14-19)21(17(2)25-16)24(28)29-15-9-12-18-10-5-3-6-11-18/h3-14,20,22H,15H2,1-2H3,(H,26,27). The molecule has 0 aromatic heterocycles. The van der Waals surface area contributed by atoms with E-state index in [0.29, 0.717) is 17.0 Å². The summed E-state index contributed by atoms with van der Waals surface area (Å²) in [5.41, 5.74) is 3.02. The van der Waals surface area contributed by atoms with Crippen molar-refractivity contribution in [1.29, 1.82) is 0 Å². The zero-order valence-corrected chi connectivity index (χ0v) is 16.4. The zero-order chi connectivity index (χ0) is 20.8. The molecule has 2 aromatic rings. The van der Waals surface area contributed by atoms with E-state index >= 15 is 0 Å². The first-order valence-electron chi connectivity index (χ1n) is 9.41. The van der Waals surface area contributed by atoms with Crippen molar-refractivity contribution in [3.8, 4) is 0 Å². The minimum absolute atomic E-state index is 0.0897. The summed E-state index contributed by atoms with van der Waals surface area (Å²) in [5, 5.41) is 9.80. The first kappa shape index (κ1) is 20.3. The van der Waals surface area contributed by atoms with Crippen LogP contribution in [0.5, 0.6) is 0 Å². The van der Waals surface area contributed by atoms with Gasteiger partial charge in [-0.05, 0) is 31.1 Å². The molecule has 1 aliphatic rings. The van der Waals surface area contributed by atoms with Gasteiger partial charge in [-0.25, -0.2) is 4.79 Å². The van der Waals surface area contributed by atoms with Crippen LogP contribution in [0.3, 0.4) is 0 Å². The average Bonchev–Trinajstić information content (AvgIpc) is 2.71. The molecule has 0 spiro atoms. The fraction of sp³-hybridized carbons (Fsp3) is 0.208. The lowest BCUT2D eigenvalue weighted by Gasteiger charge is -2.30. The van der Waals surface area contributed by atoms with Crippen LogP contribution in [-0.4, -0.2) is 29.4 Å². The number of aliphatic carboxylic acids is 1. The van der Waals surface area contributed by atoms with E-state index < -0.39 is 23.8 Å². The van der Waals surface area contributed by atoms with Crippen molar-refractivity contribution in [3.05, 3.63) is 89.1 Å². The van der Waals surface area contributed by atoms with Gasteiger partial charge in [0.1, 0.15) is 12.5 Å². The molecule has 0 saturated heterocycles. The number of ether oxygens (including phenoxy) is 1. The molecule has 0 radical (unpaired) electrons. The van der Waals surface area contributed by atoms with Crippen LogP contribution in [0.4, 0.5) is 0 Å². The third-order valence-corrected chi connectivity index (χ3v) is 4.89. The number of hydrogen-bond donors (Lipinski definition) is 1. The maximum atomic E-state index is 12.9. The summed E-state index contributed by atoms with van der Waals surface area (Å²) in [6.45, 7) is 3.49. The van der Waals surface area contributed by atoms with Crippen LogP contribution in [0.1, 0.15) is 30.9 Å². The fourth-order valence-electron chi connectivity index (χ4n) is 3.59. The maximum absolute atomic E-state index is 12.9. The number of carboxylic acid groups (broad SMARTS) is 1. The Morgan fingerprint density at radius 1 is 1.03 bits per heavy atom. The predicted molar refractivity (Wildman–Crippen MR) is 113 cm³/mol. The highest BCUT2D eigenvalue weighted by Gasteiger charge is 2.41. The molecule has 0 saturated carbocycles. The van der Waals surface area contributed by atoms with Crippen molar-refractivity contribution in [2.45, 2.75) is 19.8 Å². The Hall–Kier alpha value is -3.47. The number of carboxylic acids is 1. The number of nitrogens with zero attached hydrogens (tertiary/aromatic N) is 1. The molecule has 1 N–H and O–H groups in total. The summed E-state index contributed by atoms with van der Waals surface area (Å²) >= 11 is 0. The van der Waals surface area contributed by atoms with E-state index in [0.717, 1.165) is 11.1 Å². The van der Waals surface area contributed by atoms with Gasteiger partial charge in [0.05, 0.1) is 5.57 Å². The molecule has 3 rings (SSSR count). The highest BCUT2D eigenvalue weighted by Crippen LogP contribution is 2.39. The molecule has 0 bridgehead atoms. The SMILES string of the molecule is CC1=NC(C)=C(C(=O)OCC=Cc2ccccc2)C(c2ccccc2)C1C(=O)O. The molecule has 5 nitrogen and oxygen atoms in total. The van der Waals surface area contributed by atoms with Crippen molar-refractivity contribution in [2.24, 2.45) is 10.9 Å². The summed E-state index contributed by atoms with van der Waals surface area (Å²) in [6, 6.07) is 18.9. The van der Waals surface area contributed by atoms with E-state index in [1.165, 1.54) is 0 Å². The largest absolute Gasteiger partial charge is 0.481 e. The molecule has 0 fully saturated rings. The molecule has 1 heterocycles. The van der Waals surface area contributed by atoms with E-state index in [-0.39, 0.29) is 6.61 Å². The molecule has 2 atom stereocenters. The van der Waals surface area contributed by atoms with Crippen LogP contribution in [-0.2, 0) is 14.3 Å². The smallest absolute Gasteiger partial charge is 0.336 e. The van der Waals surface area contributed by atoms with Gasteiger partial charge in [0, 0.05) is 17.3 Å². The second kappa shape index (κ2) is 9.15. The van der Waals surface area contributed by atoms with E-state index in [2.05, 4.69) is 4.99 Å². The Kier molecular flexibility index (Phi) is 6.39. The Balaban J connectivity index is 1.85. The molecule has 2 unspecified atom stereocenters. The van der Waals surface area contributed by atoms with Gasteiger partial charge in [-0.1, -0.05) is 66.7 Å². The molecule has 29 heavy (non-hydrogen) atoms. The first-order valence-corrected chi connectivity index (χ1v) is 9.41. The summed E-state index contributed by atoms with van der Waals surface area (Å²) in [5.74, 6) is -3.11. The van der Waals surface area contributed by atoms with E-state index in [4.69, 9.17) is 4.74 Å². The third kappa shape index (κ3) is 4.69. The molecule has 0 aliphatic carbocycles. The lowest BCUT2D eigenvalue weighted by molar-refractivity contribution is -0.140. The second-order valence-electron chi connectivity index (χ2n) is 6.87. The van der Waals surface area contributed by atoms with Crippen LogP contribution in [0.15, 0.2) is 83.0 Å². The van der Waals surface area contributed by atoms with E-state index in [1.807, 2.05) is 66.7 Å². The minimum Gasteiger partial charge on any atom is -0.481 e. The Morgan fingerprint density at radius 2 is 1.66 bits per heavy atom. The van der Waals surface area contributed by atoms with Crippen LogP contribution >= 0.6 is 0 Å². The topological polar surface area (TPSA) is 76.0 Å². The highest BCUT2D eigenvalue weighted by atomic mass is 16.5. The van der Waals surface area contributed by atoms with Gasteiger partial charge < -0.3 is 9.84 Å². The highest BCUT2D eigenvalue weighted by molar-refractivity contribution is 6.06. The zero-order valence-electron chi connectivity index (χ0n) is 16.4. The lowest BCUT2D eigenvalue weighted by Crippen LogP contribution is -2.35. The summed E-state index contributed by atoms with van der Waals surface area (Å²) < 4.78 is 5.44. The van der Waals surface area contributed by atoms with E-state index in [1.54, 1.807) is 19.9 Å². The Morgan fingerprint density at radius 3 is 2.28 bits per heavy atom. The van der Waals surface area contributed by atoms with Gasteiger partial charge in [-0.2, -0.15) is 0 Å². The van der Waals surface area contributed by atoms with E-state index in [9.17, 15) is 14.7 Å². The average molecular weight is 389 g/mol. The third-order valence-electron chi connectivity index (χ3n) is 4.89. The van der Waals surface area contributed by atoms with Crippen LogP contribution < -0.4 is 0 Å². The van der Waals surface area contributed by atoms with Gasteiger partial charge in [-0.15, -0.1) is 0 Å². The number of aliphatic imine (C=N–C) groups is 1. The number of hydrogen-bond acceptors (Lipinski definition) is 4. The van der Waals surface area contributed by atoms with Gasteiger partial charge >= 0.3 is 11.9 Å². The van der Waals surface area contributed by atoms with Crippen LogP contribution in [0, 0.1) is 5.92 Å². The van der Waals surface area contributed by atoms with Gasteiger partial charge in [0.15, 0.2) is 0 Å². The summed E-state index contributed by atoms with van der Waals surface area (Å²) in [4.78, 5) is 29.2. The van der Waals surface area contributed by atoms with Gasteiger partial charge in [0.2, 0.25) is 0 Å². The molecular weight excluding hydrogens is 366 g/mol. The van der Waals surface area contributed by atoms with Crippen molar-refractivity contribution in [3.63, 3.8) is 0 Å². The molecule has 1 aliphatic heterocycles. The first-order chi connectivity index (χ1) is 14.0. The molecule has 0 amide bonds. The summed E-state index contributed by atoms with van der Waals surface area (Å²) in [7, 11) is 0. The van der Waals surface area contributed by atoms with Crippen molar-refractivity contribution in [2.75, 3.05) is 6.61 Å². The van der Waals surface area contributed by atoms with Crippen LogP contribution in [0.2, 0.25) is 0 Å². The summed E-state index contributed by atoms with van der Waals surface area (Å²) in [6.07, 6.45) is 3.62. The lowest BCUT2D eigenvalue weighted by atomic mass is 9.76. The fourth-order valence-corrected chi connectivity index (χ4v) is 3.59. The quantitative estimate of drug-likeness (QED) is 0.739. The van der Waals surface area contributed by atoms with Crippen molar-refractivity contribution < 1.29 is 19.4 Å². The number of carbonyl (C=O) groups excluding carboxylic acids is 1. The number of allylic oxidation sites excluding steroid dienone is 1. The molecular formula is C24H23NO4. The molecule has 5 heteroatoms. The number of rotatable bonds is 6. The second-order valence-corrected chi connectivity index (χ2v) is 6.87. The normalized spacial score (nSPS) is 19.2. The maximum Gasteiger partial charge on any atom is 0.336 e. The van der Waals surface area contributed by atoms with Gasteiger partial charge in [0.25, 0.3) is 0 Å². The Labute approximate surface area is 170 Å². The molecule has 2 aromatic carbocycles. The van der Waals surface area contributed by atoms with Crippen molar-refractivity contribution in [1.82, 2.24) is 0 Å². The number of benzene rings is 2. The minimum atomic E-state index is -1.01. The monoisotopic (exact) mass is 389 g/mol.